The number of rotatable bonds is 9. The van der Waals surface area contributed by atoms with E-state index < -0.39 is 10.2 Å². The van der Waals surface area contributed by atoms with Crippen LogP contribution in [0.5, 0.6) is 0 Å². The lowest BCUT2D eigenvalue weighted by atomic mass is 10.0. The first-order chi connectivity index (χ1) is 6.92. The Morgan fingerprint density at radius 3 is 2.13 bits per heavy atom. The van der Waals surface area contributed by atoms with Crippen molar-refractivity contribution in [1.29, 1.82) is 0 Å². The van der Waals surface area contributed by atoms with Crippen molar-refractivity contribution in [3.05, 3.63) is 0 Å². The molecule has 0 saturated carbocycles. The van der Waals surface area contributed by atoms with Gasteiger partial charge in [-0.3, -0.25) is 0 Å². The fourth-order valence-corrected chi connectivity index (χ4v) is 1.85. The number of hydrogen-bond acceptors (Lipinski definition) is 2. The van der Waals surface area contributed by atoms with Crippen LogP contribution in [0, 0.1) is 5.92 Å². The fourth-order valence-electron chi connectivity index (χ4n) is 1.42. The second-order valence-corrected chi connectivity index (χ2v) is 5.77. The normalized spacial score (nSPS) is 12.3. The summed E-state index contributed by atoms with van der Waals surface area (Å²) in [6.45, 7) is 4.93. The summed E-state index contributed by atoms with van der Waals surface area (Å²) in [7, 11) is -3.48. The lowest BCUT2D eigenvalue weighted by molar-refractivity contribution is 0.513. The Bertz CT molecular complexity index is 238. The van der Waals surface area contributed by atoms with E-state index in [4.69, 9.17) is 5.14 Å². The van der Waals surface area contributed by atoms with Gasteiger partial charge in [-0.25, -0.2) is 9.86 Å². The van der Waals surface area contributed by atoms with E-state index in [1.807, 2.05) is 0 Å². The molecule has 0 fully saturated rings. The zero-order valence-corrected chi connectivity index (χ0v) is 10.6. The highest BCUT2D eigenvalue weighted by Crippen LogP contribution is 2.10. The quantitative estimate of drug-likeness (QED) is 0.599. The molecule has 0 saturated heterocycles. The molecule has 3 N–H and O–H groups in total. The van der Waals surface area contributed by atoms with Gasteiger partial charge >= 0.3 is 0 Å². The van der Waals surface area contributed by atoms with Crippen molar-refractivity contribution in [1.82, 2.24) is 4.72 Å². The summed E-state index contributed by atoms with van der Waals surface area (Å²) >= 11 is 0. The fraction of sp³-hybridized carbons (Fsp3) is 1.00. The summed E-state index contributed by atoms with van der Waals surface area (Å²) in [4.78, 5) is 0. The van der Waals surface area contributed by atoms with Crippen molar-refractivity contribution < 1.29 is 8.42 Å². The van der Waals surface area contributed by atoms with E-state index in [-0.39, 0.29) is 0 Å². The smallest absolute Gasteiger partial charge is 0.216 e. The van der Waals surface area contributed by atoms with Crippen LogP contribution in [0.15, 0.2) is 0 Å². The summed E-state index contributed by atoms with van der Waals surface area (Å²) < 4.78 is 23.3. The van der Waals surface area contributed by atoms with Gasteiger partial charge in [-0.1, -0.05) is 46.0 Å². The van der Waals surface area contributed by atoms with Gasteiger partial charge in [0.15, 0.2) is 0 Å². The average Bonchev–Trinajstić information content (AvgIpc) is 2.07. The van der Waals surface area contributed by atoms with E-state index in [2.05, 4.69) is 18.6 Å². The predicted molar refractivity (Wildman–Crippen MR) is 63.6 cm³/mol. The second-order valence-electron chi connectivity index (χ2n) is 4.39. The van der Waals surface area contributed by atoms with Crippen molar-refractivity contribution >= 4 is 10.2 Å². The van der Waals surface area contributed by atoms with Crippen molar-refractivity contribution in [2.45, 2.75) is 52.4 Å². The van der Waals surface area contributed by atoms with Crippen LogP contribution < -0.4 is 9.86 Å². The van der Waals surface area contributed by atoms with Gasteiger partial charge in [0.25, 0.3) is 10.2 Å². The van der Waals surface area contributed by atoms with Crippen LogP contribution in [-0.4, -0.2) is 15.0 Å². The van der Waals surface area contributed by atoms with Crippen LogP contribution in [0.2, 0.25) is 0 Å². The predicted octanol–water partition coefficient (Wildman–Crippen LogP) is 1.78. The first-order valence-corrected chi connectivity index (χ1v) is 7.24. The third-order valence-corrected chi connectivity index (χ3v) is 2.87. The minimum Gasteiger partial charge on any atom is -0.216 e. The Balaban J connectivity index is 3.12. The van der Waals surface area contributed by atoms with Crippen LogP contribution in [0.1, 0.15) is 52.4 Å². The molecule has 0 unspecified atom stereocenters. The second kappa shape index (κ2) is 8.07. The molecule has 0 aliphatic carbocycles. The molecule has 0 rings (SSSR count). The lowest BCUT2D eigenvalue weighted by Crippen LogP contribution is -2.31. The summed E-state index contributed by atoms with van der Waals surface area (Å²) in [5.41, 5.74) is 0. The lowest BCUT2D eigenvalue weighted by Gasteiger charge is -2.04. The summed E-state index contributed by atoms with van der Waals surface area (Å²) in [6.07, 6.45) is 6.93. The number of nitrogens with one attached hydrogen (secondary N) is 1. The molecule has 0 aromatic heterocycles. The molecule has 0 spiro atoms. The van der Waals surface area contributed by atoms with Crippen molar-refractivity contribution in [3.63, 3.8) is 0 Å². The standard InChI is InChI=1S/C10H24N2O2S/c1-10(2)8-6-4-3-5-7-9-12-15(11,13)14/h10,12H,3-9H2,1-2H3,(H2,11,13,14). The maximum atomic E-state index is 10.5. The van der Waals surface area contributed by atoms with Gasteiger partial charge in [0.1, 0.15) is 0 Å². The maximum Gasteiger partial charge on any atom is 0.274 e. The van der Waals surface area contributed by atoms with Gasteiger partial charge in [0.05, 0.1) is 0 Å². The number of unbranched alkanes of at least 4 members (excludes halogenated alkanes) is 4. The van der Waals surface area contributed by atoms with Gasteiger partial charge in [-0.05, 0) is 12.3 Å². The Kier molecular flexibility index (Phi) is 8.00. The third-order valence-electron chi connectivity index (χ3n) is 2.26. The highest BCUT2D eigenvalue weighted by molar-refractivity contribution is 7.87. The Morgan fingerprint density at radius 1 is 1.07 bits per heavy atom. The van der Waals surface area contributed by atoms with E-state index in [1.165, 1.54) is 25.7 Å². The number of hydrogen-bond donors (Lipinski definition) is 2. The highest BCUT2D eigenvalue weighted by atomic mass is 32.2. The van der Waals surface area contributed by atoms with Gasteiger partial charge < -0.3 is 0 Å². The largest absolute Gasteiger partial charge is 0.274 e. The van der Waals surface area contributed by atoms with Gasteiger partial charge in [0, 0.05) is 6.54 Å². The van der Waals surface area contributed by atoms with Crippen molar-refractivity contribution in [2.24, 2.45) is 11.1 Å². The Hall–Kier alpha value is -0.130. The first-order valence-electron chi connectivity index (χ1n) is 5.69. The summed E-state index contributed by atoms with van der Waals surface area (Å²) in [6, 6.07) is 0. The zero-order chi connectivity index (χ0) is 11.7. The minimum atomic E-state index is -3.48. The molecule has 0 aliphatic heterocycles. The molecule has 0 aromatic carbocycles. The van der Waals surface area contributed by atoms with E-state index >= 15 is 0 Å². The molecule has 92 valence electrons. The molecular weight excluding hydrogens is 212 g/mol. The highest BCUT2D eigenvalue weighted by Gasteiger charge is 1.99. The average molecular weight is 236 g/mol. The topological polar surface area (TPSA) is 72.2 Å². The molecule has 0 aliphatic rings. The van der Waals surface area contributed by atoms with Gasteiger partial charge in [-0.15, -0.1) is 0 Å². The number of nitrogens with two attached hydrogens (primary N) is 1. The molecule has 0 bridgehead atoms. The summed E-state index contributed by atoms with van der Waals surface area (Å²) in [5.74, 6) is 0.786. The molecule has 0 atom stereocenters. The van der Waals surface area contributed by atoms with E-state index in [0.717, 1.165) is 18.8 Å². The Labute approximate surface area is 93.8 Å². The SMILES string of the molecule is CC(C)CCCCCCCNS(N)(=O)=O. The van der Waals surface area contributed by atoms with Crippen LogP contribution >= 0.6 is 0 Å². The summed E-state index contributed by atoms with van der Waals surface area (Å²) in [5, 5.41) is 4.79. The molecule has 15 heavy (non-hydrogen) atoms. The first kappa shape index (κ1) is 14.9. The van der Waals surface area contributed by atoms with E-state index in [9.17, 15) is 8.42 Å². The van der Waals surface area contributed by atoms with E-state index in [1.54, 1.807) is 0 Å². The minimum absolute atomic E-state index is 0.461. The van der Waals surface area contributed by atoms with E-state index in [0.29, 0.717) is 6.54 Å². The van der Waals surface area contributed by atoms with Crippen molar-refractivity contribution in [3.8, 4) is 0 Å². The zero-order valence-electron chi connectivity index (χ0n) is 9.83. The molecular formula is C10H24N2O2S. The molecule has 5 heteroatoms. The monoisotopic (exact) mass is 236 g/mol. The maximum absolute atomic E-state index is 10.5. The molecule has 0 amide bonds. The molecule has 4 nitrogen and oxygen atoms in total. The molecule has 0 heterocycles. The third kappa shape index (κ3) is 13.9. The van der Waals surface area contributed by atoms with Crippen LogP contribution in [0.25, 0.3) is 0 Å². The molecule has 0 radical (unpaired) electrons. The van der Waals surface area contributed by atoms with Crippen molar-refractivity contribution in [2.75, 3.05) is 6.54 Å². The van der Waals surface area contributed by atoms with Gasteiger partial charge in [0.2, 0.25) is 0 Å². The van der Waals surface area contributed by atoms with Crippen LogP contribution in [-0.2, 0) is 10.2 Å². The van der Waals surface area contributed by atoms with Crippen LogP contribution in [0.4, 0.5) is 0 Å². The molecule has 0 aromatic rings. The Morgan fingerprint density at radius 2 is 1.60 bits per heavy atom. The van der Waals surface area contributed by atoms with Gasteiger partial charge in [-0.2, -0.15) is 8.42 Å². The van der Waals surface area contributed by atoms with Crippen LogP contribution in [0.3, 0.4) is 0 Å².